The molecule has 0 aromatic heterocycles. The molecule has 3 unspecified atom stereocenters. The van der Waals surface area contributed by atoms with Crippen molar-refractivity contribution < 1.29 is 24.2 Å². The second kappa shape index (κ2) is 6.81. The van der Waals surface area contributed by atoms with Crippen LogP contribution >= 0.6 is 0 Å². The molecule has 1 saturated heterocycles. The second-order valence-corrected chi connectivity index (χ2v) is 9.82. The van der Waals surface area contributed by atoms with Gasteiger partial charge >= 0.3 is 5.97 Å². The summed E-state index contributed by atoms with van der Waals surface area (Å²) < 4.78 is 11.4. The van der Waals surface area contributed by atoms with Crippen molar-refractivity contribution in [3.63, 3.8) is 0 Å². The van der Waals surface area contributed by atoms with Crippen LogP contribution in [0.1, 0.15) is 39.2 Å². The summed E-state index contributed by atoms with van der Waals surface area (Å²) in [6.45, 7) is 6.49. The average molecular weight is 441 g/mol. The SMILES string of the molecule is CC[C@]12C=CCN3CCC4(c5ccc(OC)cc5N(C)[C@H]4C(O)(C(C)=O)[C@@H]1OC(C)=O)C32. The first-order valence-corrected chi connectivity index (χ1v) is 11.4. The van der Waals surface area contributed by atoms with Gasteiger partial charge in [0.1, 0.15) is 5.75 Å². The van der Waals surface area contributed by atoms with Gasteiger partial charge in [-0.25, -0.2) is 0 Å². The van der Waals surface area contributed by atoms with Gasteiger partial charge in [-0.05, 0) is 37.9 Å². The fraction of sp³-hybridized carbons (Fsp3) is 0.600. The summed E-state index contributed by atoms with van der Waals surface area (Å²) in [6, 6.07) is 5.48. The number of aliphatic hydroxyl groups is 1. The molecule has 1 aromatic carbocycles. The van der Waals surface area contributed by atoms with Gasteiger partial charge in [0.15, 0.2) is 17.5 Å². The van der Waals surface area contributed by atoms with Gasteiger partial charge in [-0.15, -0.1) is 0 Å². The molecule has 7 heteroatoms. The first kappa shape index (κ1) is 21.5. The number of ketones is 1. The van der Waals surface area contributed by atoms with Crippen LogP contribution < -0.4 is 9.64 Å². The molecule has 7 nitrogen and oxygen atoms in total. The number of Topliss-reactive ketones (excluding diaryl/α,β-unsaturated/α-hetero) is 1. The summed E-state index contributed by atoms with van der Waals surface area (Å²) in [7, 11) is 3.56. The summed E-state index contributed by atoms with van der Waals surface area (Å²) in [5, 5.41) is 12.4. The van der Waals surface area contributed by atoms with Gasteiger partial charge in [0.05, 0.1) is 13.2 Å². The van der Waals surface area contributed by atoms with Crippen LogP contribution in [0.15, 0.2) is 30.4 Å². The van der Waals surface area contributed by atoms with Crippen molar-refractivity contribution in [2.45, 2.75) is 62.8 Å². The van der Waals surface area contributed by atoms with E-state index in [2.05, 4.69) is 30.0 Å². The summed E-state index contributed by atoms with van der Waals surface area (Å²) in [6.07, 6.45) is 4.69. The zero-order valence-corrected chi connectivity index (χ0v) is 19.4. The number of benzene rings is 1. The van der Waals surface area contributed by atoms with Crippen molar-refractivity contribution >= 4 is 17.4 Å². The van der Waals surface area contributed by atoms with E-state index in [-0.39, 0.29) is 11.8 Å². The number of likely N-dealkylation sites (N-methyl/N-ethyl adjacent to an activating group) is 1. The van der Waals surface area contributed by atoms with Crippen LogP contribution in [-0.4, -0.2) is 72.8 Å². The lowest BCUT2D eigenvalue weighted by atomic mass is 9.47. The third kappa shape index (κ3) is 2.28. The highest BCUT2D eigenvalue weighted by Crippen LogP contribution is 2.67. The molecule has 1 aliphatic carbocycles. The molecule has 1 aromatic rings. The lowest BCUT2D eigenvalue weighted by molar-refractivity contribution is -0.215. The number of ether oxygens (including phenoxy) is 2. The lowest BCUT2D eigenvalue weighted by Crippen LogP contribution is -2.81. The van der Waals surface area contributed by atoms with E-state index in [0.717, 1.165) is 36.5 Å². The van der Waals surface area contributed by atoms with Crippen molar-refractivity contribution in [2.24, 2.45) is 5.41 Å². The highest BCUT2D eigenvalue weighted by Gasteiger charge is 2.79. The molecule has 6 atom stereocenters. The Kier molecular flexibility index (Phi) is 4.57. The molecule has 2 fully saturated rings. The van der Waals surface area contributed by atoms with E-state index in [1.807, 2.05) is 24.1 Å². The fourth-order valence-electron chi connectivity index (χ4n) is 7.67. The second-order valence-electron chi connectivity index (χ2n) is 9.82. The van der Waals surface area contributed by atoms with Crippen LogP contribution in [0.2, 0.25) is 0 Å². The van der Waals surface area contributed by atoms with Gasteiger partial charge in [-0.3, -0.25) is 14.5 Å². The molecule has 1 saturated carbocycles. The molecule has 1 N–H and O–H groups in total. The van der Waals surface area contributed by atoms with Crippen LogP contribution in [-0.2, 0) is 19.7 Å². The Morgan fingerprint density at radius 3 is 2.62 bits per heavy atom. The molecule has 1 spiro atoms. The Balaban J connectivity index is 1.86. The first-order valence-electron chi connectivity index (χ1n) is 11.4. The smallest absolute Gasteiger partial charge is 0.303 e. The lowest BCUT2D eigenvalue weighted by Gasteiger charge is -2.64. The van der Waals surface area contributed by atoms with Crippen molar-refractivity contribution in [1.82, 2.24) is 4.90 Å². The summed E-state index contributed by atoms with van der Waals surface area (Å²) in [4.78, 5) is 30.1. The molecule has 0 bridgehead atoms. The normalized spacial score (nSPS) is 39.3. The van der Waals surface area contributed by atoms with Crippen LogP contribution in [0.3, 0.4) is 0 Å². The van der Waals surface area contributed by atoms with Gasteiger partial charge in [0, 0.05) is 49.1 Å². The zero-order chi connectivity index (χ0) is 23.1. The number of nitrogens with zero attached hydrogens (tertiary/aromatic N) is 2. The number of fused-ring (bicyclic) bond motifs is 1. The number of hydrogen-bond acceptors (Lipinski definition) is 7. The maximum absolute atomic E-state index is 13.3. The zero-order valence-electron chi connectivity index (χ0n) is 19.4. The van der Waals surface area contributed by atoms with Gasteiger partial charge < -0.3 is 19.5 Å². The third-order valence-electron chi connectivity index (χ3n) is 8.67. The molecule has 5 rings (SSSR count). The molecular formula is C25H32N2O5. The monoisotopic (exact) mass is 440 g/mol. The fourth-order valence-corrected chi connectivity index (χ4v) is 7.67. The van der Waals surface area contributed by atoms with E-state index in [4.69, 9.17) is 9.47 Å². The maximum Gasteiger partial charge on any atom is 0.303 e. The number of esters is 1. The number of anilines is 1. The van der Waals surface area contributed by atoms with E-state index in [9.17, 15) is 14.7 Å². The molecule has 32 heavy (non-hydrogen) atoms. The molecule has 0 amide bonds. The molecule has 4 aliphatic rings. The van der Waals surface area contributed by atoms with Gasteiger partial charge in [0.25, 0.3) is 0 Å². The standard InChI is InChI=1S/C25H32N2O5/c1-6-23-10-7-12-27-13-11-24(20(23)27)18-9-8-17(31-5)14-19(18)26(4)21(24)25(30,15(2)28)22(23)32-16(3)29/h7-10,14,20-22,30H,6,11-13H2,1-5H3/t20?,21-,22-,23-,24?,25?/m1/s1. The van der Waals surface area contributed by atoms with E-state index in [1.165, 1.54) is 13.8 Å². The minimum absolute atomic E-state index is 0.00364. The van der Waals surface area contributed by atoms with E-state index in [1.54, 1.807) is 7.11 Å². The largest absolute Gasteiger partial charge is 0.497 e. The third-order valence-corrected chi connectivity index (χ3v) is 8.67. The van der Waals surface area contributed by atoms with E-state index < -0.39 is 34.5 Å². The van der Waals surface area contributed by atoms with Crippen molar-refractivity contribution in [3.8, 4) is 5.75 Å². The van der Waals surface area contributed by atoms with Crippen LogP contribution in [0.5, 0.6) is 5.75 Å². The molecular weight excluding hydrogens is 408 g/mol. The van der Waals surface area contributed by atoms with Crippen molar-refractivity contribution in [3.05, 3.63) is 35.9 Å². The topological polar surface area (TPSA) is 79.3 Å². The van der Waals surface area contributed by atoms with Crippen molar-refractivity contribution in [2.75, 3.05) is 32.1 Å². The number of carbonyl (C=O) groups excluding carboxylic acids is 2. The average Bonchev–Trinajstić information content (AvgIpc) is 3.28. The van der Waals surface area contributed by atoms with Crippen LogP contribution in [0, 0.1) is 5.41 Å². The predicted molar refractivity (Wildman–Crippen MR) is 120 cm³/mol. The summed E-state index contributed by atoms with van der Waals surface area (Å²) >= 11 is 0. The summed E-state index contributed by atoms with van der Waals surface area (Å²) in [5.41, 5.74) is -0.934. The van der Waals surface area contributed by atoms with E-state index >= 15 is 0 Å². The highest BCUT2D eigenvalue weighted by atomic mass is 16.6. The number of carbonyl (C=O) groups is 2. The molecule has 172 valence electrons. The Morgan fingerprint density at radius 2 is 2.00 bits per heavy atom. The Morgan fingerprint density at radius 1 is 1.25 bits per heavy atom. The molecule has 3 aliphatic heterocycles. The van der Waals surface area contributed by atoms with Crippen molar-refractivity contribution in [1.29, 1.82) is 0 Å². The van der Waals surface area contributed by atoms with E-state index in [0.29, 0.717) is 6.42 Å². The quantitative estimate of drug-likeness (QED) is 0.567. The Hall–Kier alpha value is -2.38. The van der Waals surface area contributed by atoms with Crippen LogP contribution in [0.25, 0.3) is 0 Å². The number of hydrogen-bond donors (Lipinski definition) is 1. The number of rotatable bonds is 4. The molecule has 0 radical (unpaired) electrons. The first-order chi connectivity index (χ1) is 15.2. The van der Waals surface area contributed by atoms with Gasteiger partial charge in [0.2, 0.25) is 0 Å². The summed E-state index contributed by atoms with van der Waals surface area (Å²) in [5.74, 6) is -0.129. The minimum Gasteiger partial charge on any atom is -0.497 e. The van der Waals surface area contributed by atoms with Gasteiger partial charge in [-0.2, -0.15) is 0 Å². The highest BCUT2D eigenvalue weighted by molar-refractivity contribution is 5.90. The predicted octanol–water partition coefficient (Wildman–Crippen LogP) is 2.06. The number of methoxy groups -OCH3 is 1. The Bertz CT molecular complexity index is 1020. The minimum atomic E-state index is -1.86. The Labute approximate surface area is 189 Å². The molecule has 3 heterocycles. The maximum atomic E-state index is 13.3. The van der Waals surface area contributed by atoms with Crippen LogP contribution in [0.4, 0.5) is 5.69 Å². The van der Waals surface area contributed by atoms with Gasteiger partial charge in [-0.1, -0.05) is 25.1 Å².